The fraction of sp³-hybridized carbons (Fsp3) is 0.333. The Kier molecular flexibility index (Phi) is 1.69. The first-order chi connectivity index (χ1) is 6.20. The molecule has 0 aromatic heterocycles. The van der Waals surface area contributed by atoms with Crippen LogP contribution in [-0.2, 0) is 0 Å². The van der Waals surface area contributed by atoms with Gasteiger partial charge in [-0.1, -0.05) is 12.1 Å². The van der Waals surface area contributed by atoms with E-state index < -0.39 is 0 Å². The molecule has 13 heavy (non-hydrogen) atoms. The topological polar surface area (TPSA) is 69.2 Å². The summed E-state index contributed by atoms with van der Waals surface area (Å²) >= 11 is 0. The second-order valence-electron chi connectivity index (χ2n) is 3.32. The van der Waals surface area contributed by atoms with E-state index >= 15 is 0 Å². The molecule has 0 bridgehead atoms. The van der Waals surface area contributed by atoms with Gasteiger partial charge in [0, 0.05) is 5.56 Å². The summed E-state index contributed by atoms with van der Waals surface area (Å²) in [5.41, 5.74) is 6.72. The van der Waals surface area contributed by atoms with E-state index in [2.05, 4.69) is 0 Å². The highest BCUT2D eigenvalue weighted by atomic mass is 16.6. The number of rotatable bonds is 2. The number of nitrogens with two attached hydrogens (primary N) is 1. The van der Waals surface area contributed by atoms with Crippen LogP contribution in [0, 0.1) is 10.1 Å². The van der Waals surface area contributed by atoms with Gasteiger partial charge < -0.3 is 5.73 Å². The summed E-state index contributed by atoms with van der Waals surface area (Å²) in [6.07, 6.45) is 2.09. The van der Waals surface area contributed by atoms with Gasteiger partial charge in [0.15, 0.2) is 0 Å². The first-order valence-electron chi connectivity index (χ1n) is 4.23. The Morgan fingerprint density at radius 1 is 1.46 bits per heavy atom. The number of hydrogen-bond donors (Lipinski definition) is 1. The molecule has 1 aromatic rings. The molecule has 0 radical (unpaired) electrons. The average molecular weight is 178 g/mol. The number of anilines is 1. The summed E-state index contributed by atoms with van der Waals surface area (Å²) < 4.78 is 0. The number of nitro benzene ring substituents is 1. The van der Waals surface area contributed by atoms with Gasteiger partial charge in [-0.05, 0) is 24.8 Å². The molecule has 0 atom stereocenters. The summed E-state index contributed by atoms with van der Waals surface area (Å²) in [5, 5.41) is 10.7. The minimum absolute atomic E-state index is 0.102. The quantitative estimate of drug-likeness (QED) is 0.428. The average Bonchev–Trinajstić information content (AvgIpc) is 2.85. The number of hydrogen-bond acceptors (Lipinski definition) is 3. The van der Waals surface area contributed by atoms with Gasteiger partial charge in [0.1, 0.15) is 5.69 Å². The Balaban J connectivity index is 2.53. The van der Waals surface area contributed by atoms with Crippen LogP contribution in [0.3, 0.4) is 0 Å². The van der Waals surface area contributed by atoms with Crippen LogP contribution >= 0.6 is 0 Å². The smallest absolute Gasteiger partial charge is 0.295 e. The number of nitrogen functional groups attached to an aromatic ring is 1. The predicted octanol–water partition coefficient (Wildman–Crippen LogP) is 2.05. The molecule has 1 fully saturated rings. The van der Waals surface area contributed by atoms with Crippen molar-refractivity contribution in [2.24, 2.45) is 0 Å². The van der Waals surface area contributed by atoms with Gasteiger partial charge in [0.25, 0.3) is 5.69 Å². The lowest BCUT2D eigenvalue weighted by molar-refractivity contribution is -0.384. The predicted molar refractivity (Wildman–Crippen MR) is 49.5 cm³/mol. The number of nitrogens with zero attached hydrogens (tertiary/aromatic N) is 1. The molecule has 0 unspecified atom stereocenters. The maximum Gasteiger partial charge on any atom is 0.295 e. The van der Waals surface area contributed by atoms with E-state index in [9.17, 15) is 10.1 Å². The summed E-state index contributed by atoms with van der Waals surface area (Å²) in [5.74, 6) is 0.365. The van der Waals surface area contributed by atoms with Crippen LogP contribution in [0.1, 0.15) is 24.3 Å². The minimum Gasteiger partial charge on any atom is -0.393 e. The second-order valence-corrected chi connectivity index (χ2v) is 3.32. The molecule has 1 aliphatic carbocycles. The third-order valence-corrected chi connectivity index (χ3v) is 2.30. The fourth-order valence-corrected chi connectivity index (χ4v) is 1.51. The third-order valence-electron chi connectivity index (χ3n) is 2.30. The monoisotopic (exact) mass is 178 g/mol. The molecule has 1 aromatic carbocycles. The van der Waals surface area contributed by atoms with E-state index in [0.717, 1.165) is 18.4 Å². The maximum absolute atomic E-state index is 10.7. The molecule has 0 spiro atoms. The number of para-hydroxylation sites is 1. The van der Waals surface area contributed by atoms with Gasteiger partial charge in [-0.15, -0.1) is 0 Å². The first kappa shape index (κ1) is 8.04. The van der Waals surface area contributed by atoms with Crippen LogP contribution in [0.15, 0.2) is 18.2 Å². The van der Waals surface area contributed by atoms with Gasteiger partial charge in [-0.3, -0.25) is 10.1 Å². The lowest BCUT2D eigenvalue weighted by atomic mass is 10.1. The Labute approximate surface area is 75.5 Å². The number of nitro groups is 1. The highest BCUT2D eigenvalue weighted by Crippen LogP contribution is 2.45. The Morgan fingerprint density at radius 2 is 2.15 bits per heavy atom. The molecule has 4 heteroatoms. The van der Waals surface area contributed by atoms with E-state index in [1.807, 2.05) is 0 Å². The molecule has 1 aliphatic rings. The molecule has 0 saturated heterocycles. The normalized spacial score (nSPS) is 15.7. The fourth-order valence-electron chi connectivity index (χ4n) is 1.51. The van der Waals surface area contributed by atoms with Crippen molar-refractivity contribution < 1.29 is 4.92 Å². The Bertz CT molecular complexity index is 359. The molecule has 2 N–H and O–H groups in total. The van der Waals surface area contributed by atoms with Crippen LogP contribution in [0.5, 0.6) is 0 Å². The van der Waals surface area contributed by atoms with E-state index in [1.54, 1.807) is 18.2 Å². The van der Waals surface area contributed by atoms with Crippen molar-refractivity contribution in [3.63, 3.8) is 0 Å². The molecular weight excluding hydrogens is 168 g/mol. The highest BCUT2D eigenvalue weighted by molar-refractivity contribution is 5.63. The summed E-state index contributed by atoms with van der Waals surface area (Å²) in [4.78, 5) is 10.3. The minimum atomic E-state index is -0.386. The van der Waals surface area contributed by atoms with E-state index in [-0.39, 0.29) is 16.3 Å². The van der Waals surface area contributed by atoms with E-state index in [1.165, 1.54) is 0 Å². The summed E-state index contributed by atoms with van der Waals surface area (Å²) in [7, 11) is 0. The van der Waals surface area contributed by atoms with Gasteiger partial charge >= 0.3 is 0 Å². The molecule has 2 rings (SSSR count). The van der Waals surface area contributed by atoms with E-state index in [0.29, 0.717) is 5.92 Å². The molecular formula is C9H10N2O2. The molecule has 0 aliphatic heterocycles. The van der Waals surface area contributed by atoms with Crippen LogP contribution < -0.4 is 5.73 Å². The zero-order chi connectivity index (χ0) is 9.42. The Hall–Kier alpha value is -1.58. The molecule has 68 valence electrons. The molecule has 0 amide bonds. The number of benzene rings is 1. The second kappa shape index (κ2) is 2.73. The van der Waals surface area contributed by atoms with Crippen molar-refractivity contribution in [1.82, 2.24) is 0 Å². The van der Waals surface area contributed by atoms with Crippen LogP contribution in [0.25, 0.3) is 0 Å². The molecule has 4 nitrogen and oxygen atoms in total. The lowest BCUT2D eigenvalue weighted by Crippen LogP contribution is -1.99. The Morgan fingerprint density at radius 3 is 2.69 bits per heavy atom. The van der Waals surface area contributed by atoms with Crippen molar-refractivity contribution in [2.75, 3.05) is 5.73 Å². The van der Waals surface area contributed by atoms with Crippen molar-refractivity contribution in [3.8, 4) is 0 Å². The summed E-state index contributed by atoms with van der Waals surface area (Å²) in [6, 6.07) is 5.14. The third kappa shape index (κ3) is 1.35. The van der Waals surface area contributed by atoms with Crippen molar-refractivity contribution in [1.29, 1.82) is 0 Å². The van der Waals surface area contributed by atoms with Crippen molar-refractivity contribution >= 4 is 11.4 Å². The standard InChI is InChI=1S/C9H10N2O2/c10-8-3-1-2-7(6-4-5-6)9(8)11(12)13/h1-3,6H,4-5,10H2. The van der Waals surface area contributed by atoms with E-state index in [4.69, 9.17) is 5.73 Å². The van der Waals surface area contributed by atoms with Crippen LogP contribution in [0.2, 0.25) is 0 Å². The zero-order valence-electron chi connectivity index (χ0n) is 7.06. The van der Waals surface area contributed by atoms with Crippen molar-refractivity contribution in [3.05, 3.63) is 33.9 Å². The maximum atomic E-state index is 10.7. The van der Waals surface area contributed by atoms with Gasteiger partial charge in [0.2, 0.25) is 0 Å². The van der Waals surface area contributed by atoms with Crippen LogP contribution in [-0.4, -0.2) is 4.92 Å². The van der Waals surface area contributed by atoms with Crippen LogP contribution in [0.4, 0.5) is 11.4 Å². The largest absolute Gasteiger partial charge is 0.393 e. The highest BCUT2D eigenvalue weighted by Gasteiger charge is 2.31. The molecule has 1 saturated carbocycles. The van der Waals surface area contributed by atoms with Gasteiger partial charge in [-0.2, -0.15) is 0 Å². The SMILES string of the molecule is Nc1cccc(C2CC2)c1[N+](=O)[O-]. The van der Waals surface area contributed by atoms with Crippen molar-refractivity contribution in [2.45, 2.75) is 18.8 Å². The first-order valence-corrected chi connectivity index (χ1v) is 4.23. The van der Waals surface area contributed by atoms with Gasteiger partial charge in [0.05, 0.1) is 4.92 Å². The zero-order valence-corrected chi connectivity index (χ0v) is 7.06. The lowest BCUT2D eigenvalue weighted by Gasteiger charge is -2.02. The van der Waals surface area contributed by atoms with Gasteiger partial charge in [-0.25, -0.2) is 0 Å². The molecule has 0 heterocycles. The summed E-state index contributed by atoms with van der Waals surface area (Å²) in [6.45, 7) is 0.